The molecule has 2 rings (SSSR count). The number of nitrogens with one attached hydrogen (secondary N) is 3. The SMILES string of the molecule is CCNC(=O)NN(C)CC(=O)N[C@@H](CC(=O)OC(C)(C)C)C(=O)N(Cc1cccc2cccnc12)[C@@H](C)C(OCC)OCC. The zero-order valence-electron chi connectivity index (χ0n) is 27.1. The molecular weight excluding hydrogens is 568 g/mol. The quantitative estimate of drug-likeness (QED) is 0.147. The lowest BCUT2D eigenvalue weighted by molar-refractivity contribution is -0.180. The molecule has 0 aliphatic carbocycles. The monoisotopic (exact) mass is 616 g/mol. The van der Waals surface area contributed by atoms with E-state index in [9.17, 15) is 19.2 Å². The van der Waals surface area contributed by atoms with Crippen molar-refractivity contribution in [3.63, 3.8) is 0 Å². The lowest BCUT2D eigenvalue weighted by atomic mass is 10.1. The van der Waals surface area contributed by atoms with Gasteiger partial charge in [-0.2, -0.15) is 0 Å². The summed E-state index contributed by atoms with van der Waals surface area (Å²) in [5.41, 5.74) is 3.20. The van der Waals surface area contributed by atoms with Crippen LogP contribution in [0.1, 0.15) is 60.5 Å². The van der Waals surface area contributed by atoms with Gasteiger partial charge in [0, 0.05) is 44.9 Å². The van der Waals surface area contributed by atoms with Gasteiger partial charge in [0.2, 0.25) is 11.8 Å². The molecule has 44 heavy (non-hydrogen) atoms. The molecule has 13 heteroatoms. The summed E-state index contributed by atoms with van der Waals surface area (Å²) in [6.45, 7) is 13.3. The van der Waals surface area contributed by atoms with E-state index >= 15 is 0 Å². The Kier molecular flexibility index (Phi) is 14.4. The van der Waals surface area contributed by atoms with Gasteiger partial charge >= 0.3 is 12.0 Å². The standard InChI is InChI=1S/C31H48N6O7/c1-9-32-30(41)35-36(8)20-25(38)34-24(18-26(39)44-31(5,6)7)28(40)37(21(4)29(42-10-2)43-11-3)19-23-15-12-14-22-16-13-17-33-27(22)23/h12-17,21,24,29H,9-11,18-20H2,1-8H3,(H,34,38)(H2,32,35,41)/t21-,24-/m0/s1. The van der Waals surface area contributed by atoms with E-state index in [0.29, 0.717) is 19.8 Å². The molecule has 244 valence electrons. The molecule has 0 spiro atoms. The number of amides is 4. The minimum atomic E-state index is -1.29. The Morgan fingerprint density at radius 3 is 2.27 bits per heavy atom. The van der Waals surface area contributed by atoms with Crippen molar-refractivity contribution in [2.75, 3.05) is 33.4 Å². The van der Waals surface area contributed by atoms with Crippen LogP contribution in [0.2, 0.25) is 0 Å². The highest BCUT2D eigenvalue weighted by atomic mass is 16.7. The van der Waals surface area contributed by atoms with Crippen molar-refractivity contribution >= 4 is 34.7 Å². The third-order valence-electron chi connectivity index (χ3n) is 6.32. The number of aromatic nitrogens is 1. The van der Waals surface area contributed by atoms with Crippen LogP contribution in [-0.4, -0.2) is 96.0 Å². The van der Waals surface area contributed by atoms with E-state index in [0.717, 1.165) is 16.5 Å². The molecule has 0 aliphatic heterocycles. The van der Waals surface area contributed by atoms with E-state index in [4.69, 9.17) is 14.2 Å². The van der Waals surface area contributed by atoms with E-state index in [1.54, 1.807) is 40.8 Å². The zero-order chi connectivity index (χ0) is 32.9. The van der Waals surface area contributed by atoms with Crippen LogP contribution < -0.4 is 16.1 Å². The fraction of sp³-hybridized carbons (Fsp3) is 0.581. The molecular formula is C31H48N6O7. The molecule has 0 fully saturated rings. The number of nitrogens with zero attached hydrogens (tertiary/aromatic N) is 3. The number of carbonyl (C=O) groups is 4. The number of esters is 1. The number of rotatable bonds is 16. The van der Waals surface area contributed by atoms with Crippen molar-refractivity contribution in [1.82, 2.24) is 31.0 Å². The van der Waals surface area contributed by atoms with Crippen molar-refractivity contribution in [2.24, 2.45) is 0 Å². The number of fused-ring (bicyclic) bond motifs is 1. The van der Waals surface area contributed by atoms with Gasteiger partial charge in [-0.05, 0) is 60.1 Å². The third-order valence-corrected chi connectivity index (χ3v) is 6.32. The summed E-state index contributed by atoms with van der Waals surface area (Å²) in [4.78, 5) is 58.5. The molecule has 0 unspecified atom stereocenters. The van der Waals surface area contributed by atoms with Crippen LogP contribution in [0.4, 0.5) is 4.79 Å². The summed E-state index contributed by atoms with van der Waals surface area (Å²) in [7, 11) is 1.51. The number of pyridine rings is 1. The molecule has 13 nitrogen and oxygen atoms in total. The van der Waals surface area contributed by atoms with Gasteiger partial charge in [0.25, 0.3) is 0 Å². The van der Waals surface area contributed by atoms with Gasteiger partial charge in [0.05, 0.1) is 24.5 Å². The second-order valence-electron chi connectivity index (χ2n) is 11.2. The van der Waals surface area contributed by atoms with Crippen molar-refractivity contribution < 1.29 is 33.4 Å². The predicted octanol–water partition coefficient (Wildman–Crippen LogP) is 2.73. The Morgan fingerprint density at radius 1 is 1.00 bits per heavy atom. The van der Waals surface area contributed by atoms with Crippen LogP contribution in [0, 0.1) is 0 Å². The van der Waals surface area contributed by atoms with Gasteiger partial charge in [-0.25, -0.2) is 9.80 Å². The topological polar surface area (TPSA) is 151 Å². The molecule has 4 amide bonds. The maximum atomic E-state index is 14.4. The molecule has 2 atom stereocenters. The van der Waals surface area contributed by atoms with Gasteiger partial charge < -0.3 is 29.7 Å². The van der Waals surface area contributed by atoms with Gasteiger partial charge in [-0.1, -0.05) is 24.3 Å². The molecule has 1 aromatic carbocycles. The summed E-state index contributed by atoms with van der Waals surface area (Å²) < 4.78 is 17.2. The van der Waals surface area contributed by atoms with Gasteiger partial charge in [0.15, 0.2) is 6.29 Å². The van der Waals surface area contributed by atoms with Crippen LogP contribution in [0.3, 0.4) is 0 Å². The average molecular weight is 617 g/mol. The van der Waals surface area contributed by atoms with Crippen molar-refractivity contribution in [1.29, 1.82) is 0 Å². The van der Waals surface area contributed by atoms with Crippen molar-refractivity contribution in [3.8, 4) is 0 Å². The summed E-state index contributed by atoms with van der Waals surface area (Å²) in [6, 6.07) is 7.07. The summed E-state index contributed by atoms with van der Waals surface area (Å²) in [6.07, 6.45) is 0.490. The Labute approximate surface area is 259 Å². The first-order valence-corrected chi connectivity index (χ1v) is 14.9. The maximum Gasteiger partial charge on any atom is 0.329 e. The highest BCUT2D eigenvalue weighted by Crippen LogP contribution is 2.22. The average Bonchev–Trinajstić information content (AvgIpc) is 2.93. The normalized spacial score (nSPS) is 13.0. The minimum absolute atomic E-state index is 0.102. The van der Waals surface area contributed by atoms with E-state index in [-0.39, 0.29) is 13.1 Å². The number of benzene rings is 1. The van der Waals surface area contributed by atoms with Crippen LogP contribution in [0.15, 0.2) is 36.5 Å². The fourth-order valence-corrected chi connectivity index (χ4v) is 4.52. The first-order chi connectivity index (χ1) is 20.8. The molecule has 0 bridgehead atoms. The number of hydrazine groups is 1. The first-order valence-electron chi connectivity index (χ1n) is 14.9. The number of urea groups is 1. The van der Waals surface area contributed by atoms with Crippen LogP contribution >= 0.6 is 0 Å². The highest BCUT2D eigenvalue weighted by molar-refractivity contribution is 5.92. The summed E-state index contributed by atoms with van der Waals surface area (Å²) >= 11 is 0. The van der Waals surface area contributed by atoms with Crippen molar-refractivity contribution in [3.05, 3.63) is 42.1 Å². The van der Waals surface area contributed by atoms with Gasteiger partial charge in [-0.15, -0.1) is 0 Å². The molecule has 1 heterocycles. The third kappa shape index (κ3) is 11.7. The Morgan fingerprint density at radius 2 is 1.66 bits per heavy atom. The number of hydrogen-bond acceptors (Lipinski definition) is 9. The zero-order valence-corrected chi connectivity index (χ0v) is 27.1. The second kappa shape index (κ2) is 17.5. The Bertz CT molecular complexity index is 1240. The lowest BCUT2D eigenvalue weighted by Gasteiger charge is -2.36. The largest absolute Gasteiger partial charge is 0.460 e. The van der Waals surface area contributed by atoms with E-state index in [1.807, 2.05) is 44.2 Å². The van der Waals surface area contributed by atoms with Crippen molar-refractivity contribution in [2.45, 2.75) is 85.4 Å². The van der Waals surface area contributed by atoms with Crippen LogP contribution in [-0.2, 0) is 35.1 Å². The number of carbonyl (C=O) groups excluding carboxylic acids is 4. The molecule has 2 aromatic rings. The lowest BCUT2D eigenvalue weighted by Crippen LogP contribution is -2.57. The Balaban J connectivity index is 2.47. The fourth-order valence-electron chi connectivity index (χ4n) is 4.52. The molecule has 3 N–H and O–H groups in total. The summed E-state index contributed by atoms with van der Waals surface area (Å²) in [5.74, 6) is -1.78. The summed E-state index contributed by atoms with van der Waals surface area (Å²) in [5, 5.41) is 7.44. The van der Waals surface area contributed by atoms with Crippen LogP contribution in [0.5, 0.6) is 0 Å². The van der Waals surface area contributed by atoms with E-state index in [2.05, 4.69) is 21.0 Å². The number of para-hydroxylation sites is 1. The number of hydrogen-bond donors (Lipinski definition) is 3. The smallest absolute Gasteiger partial charge is 0.329 e. The van der Waals surface area contributed by atoms with Gasteiger partial charge in [-0.3, -0.25) is 24.8 Å². The Hall–Kier alpha value is -3.81. The maximum absolute atomic E-state index is 14.4. The number of ether oxygens (including phenoxy) is 3. The van der Waals surface area contributed by atoms with E-state index in [1.165, 1.54) is 17.0 Å². The molecule has 1 aromatic heterocycles. The minimum Gasteiger partial charge on any atom is -0.460 e. The first kappa shape index (κ1) is 36.4. The molecule has 0 saturated heterocycles. The predicted molar refractivity (Wildman–Crippen MR) is 166 cm³/mol. The number of likely N-dealkylation sites (N-methyl/N-ethyl adjacent to an activating group) is 1. The van der Waals surface area contributed by atoms with Gasteiger partial charge in [0.1, 0.15) is 11.6 Å². The molecule has 0 aliphatic rings. The highest BCUT2D eigenvalue weighted by Gasteiger charge is 2.36. The van der Waals surface area contributed by atoms with E-state index < -0.39 is 54.2 Å². The van der Waals surface area contributed by atoms with Crippen LogP contribution in [0.25, 0.3) is 10.9 Å². The second-order valence-corrected chi connectivity index (χ2v) is 11.2. The molecule has 0 radical (unpaired) electrons. The molecule has 0 saturated carbocycles.